The number of hydrogen-bond donors (Lipinski definition) is 0. The molecule has 2 heterocycles. The summed E-state index contributed by atoms with van der Waals surface area (Å²) < 4.78 is 15.1. The molecule has 1 aliphatic heterocycles. The Morgan fingerprint density at radius 1 is 1.36 bits per heavy atom. The summed E-state index contributed by atoms with van der Waals surface area (Å²) in [7, 11) is 2.14. The van der Waals surface area contributed by atoms with E-state index in [4.69, 9.17) is 0 Å². The lowest BCUT2D eigenvalue weighted by molar-refractivity contribution is 0.220. The first-order valence-electron chi connectivity index (χ1n) is 5.19. The Bertz CT molecular complexity index is 311. The van der Waals surface area contributed by atoms with Gasteiger partial charge < -0.3 is 9.47 Å². The third-order valence-corrected chi connectivity index (χ3v) is 3.10. The maximum Gasteiger partial charge on any atom is 0.141 e. The van der Waals surface area contributed by atoms with Crippen molar-refractivity contribution in [3.63, 3.8) is 0 Å². The van der Waals surface area contributed by atoms with Crippen molar-refractivity contribution < 1.29 is 4.39 Å². The lowest BCUT2D eigenvalue weighted by Crippen LogP contribution is -2.31. The highest BCUT2D eigenvalue weighted by Gasteiger charge is 2.19. The van der Waals surface area contributed by atoms with Crippen LogP contribution >= 0.6 is 0 Å². The summed E-state index contributed by atoms with van der Waals surface area (Å²) >= 11 is 0. The maximum absolute atomic E-state index is 13.0. The minimum absolute atomic E-state index is 0.110. The van der Waals surface area contributed by atoms with Gasteiger partial charge in [0, 0.05) is 17.9 Å². The Kier molecular flexibility index (Phi) is 2.59. The monoisotopic (exact) mass is 196 g/mol. The number of likely N-dealkylation sites (tertiary alicyclic amines) is 1. The highest BCUT2D eigenvalue weighted by atomic mass is 19.1. The molecular weight excluding hydrogens is 179 g/mol. The molecule has 0 radical (unpaired) electrons. The number of rotatable bonds is 1. The number of aryl methyl sites for hydroxylation is 1. The summed E-state index contributed by atoms with van der Waals surface area (Å²) in [5, 5.41) is 0. The number of hydrogen-bond acceptors (Lipinski definition) is 1. The predicted octanol–water partition coefficient (Wildman–Crippen LogP) is 2.20. The molecule has 0 atom stereocenters. The lowest BCUT2D eigenvalue weighted by atomic mass is 10.1. The van der Waals surface area contributed by atoms with Gasteiger partial charge in [0.15, 0.2) is 0 Å². The van der Waals surface area contributed by atoms with E-state index in [1.165, 1.54) is 0 Å². The maximum atomic E-state index is 13.0. The predicted molar refractivity (Wildman–Crippen MR) is 54.9 cm³/mol. The van der Waals surface area contributed by atoms with E-state index in [2.05, 4.69) is 16.5 Å². The fraction of sp³-hybridized carbons (Fsp3) is 0.636. The summed E-state index contributed by atoms with van der Waals surface area (Å²) in [5.41, 5.74) is 1.04. The quantitative estimate of drug-likeness (QED) is 0.668. The average Bonchev–Trinajstić information content (AvgIpc) is 2.47. The van der Waals surface area contributed by atoms with Gasteiger partial charge in [0.1, 0.15) is 5.82 Å². The molecule has 1 aromatic rings. The van der Waals surface area contributed by atoms with Crippen molar-refractivity contribution in [2.75, 3.05) is 20.1 Å². The third kappa shape index (κ3) is 1.82. The van der Waals surface area contributed by atoms with Crippen LogP contribution in [0.25, 0.3) is 0 Å². The van der Waals surface area contributed by atoms with E-state index in [-0.39, 0.29) is 5.82 Å². The molecule has 0 bridgehead atoms. The number of halogens is 1. The Hall–Kier alpha value is -0.830. The van der Waals surface area contributed by atoms with E-state index in [1.54, 1.807) is 12.3 Å². The summed E-state index contributed by atoms with van der Waals surface area (Å²) in [4.78, 5) is 2.33. The van der Waals surface area contributed by atoms with E-state index in [9.17, 15) is 4.39 Å². The van der Waals surface area contributed by atoms with Crippen molar-refractivity contribution in [3.05, 3.63) is 23.8 Å². The van der Waals surface area contributed by atoms with E-state index < -0.39 is 0 Å². The van der Waals surface area contributed by atoms with Crippen LogP contribution in [0.15, 0.2) is 12.3 Å². The molecule has 0 spiro atoms. The fourth-order valence-electron chi connectivity index (χ4n) is 2.21. The first-order valence-corrected chi connectivity index (χ1v) is 5.19. The van der Waals surface area contributed by atoms with Gasteiger partial charge in [-0.05, 0) is 46.0 Å². The first kappa shape index (κ1) is 9.71. The van der Waals surface area contributed by atoms with Gasteiger partial charge in [-0.3, -0.25) is 0 Å². The first-order chi connectivity index (χ1) is 6.66. The van der Waals surface area contributed by atoms with Crippen molar-refractivity contribution in [1.29, 1.82) is 0 Å². The number of aromatic nitrogens is 1. The highest BCUT2D eigenvalue weighted by molar-refractivity contribution is 5.09. The second-order valence-electron chi connectivity index (χ2n) is 4.24. The summed E-state index contributed by atoms with van der Waals surface area (Å²) in [5.74, 6) is -0.110. The van der Waals surface area contributed by atoms with Crippen molar-refractivity contribution in [2.45, 2.75) is 25.8 Å². The average molecular weight is 196 g/mol. The van der Waals surface area contributed by atoms with Gasteiger partial charge in [-0.15, -0.1) is 0 Å². The van der Waals surface area contributed by atoms with Gasteiger partial charge in [-0.1, -0.05) is 0 Å². The van der Waals surface area contributed by atoms with Crippen LogP contribution in [0.4, 0.5) is 4.39 Å². The van der Waals surface area contributed by atoms with E-state index in [1.807, 2.05) is 6.92 Å². The molecule has 0 unspecified atom stereocenters. The summed E-state index contributed by atoms with van der Waals surface area (Å²) in [6, 6.07) is 2.11. The third-order valence-electron chi connectivity index (χ3n) is 3.10. The molecule has 0 N–H and O–H groups in total. The SMILES string of the molecule is Cc1cc(F)cn1C1CCN(C)CC1. The van der Waals surface area contributed by atoms with Crippen LogP contribution in [0, 0.1) is 12.7 Å². The molecule has 78 valence electrons. The Morgan fingerprint density at radius 2 is 2.00 bits per heavy atom. The molecule has 0 saturated carbocycles. The summed E-state index contributed by atoms with van der Waals surface area (Å²) in [6.07, 6.45) is 3.89. The van der Waals surface area contributed by atoms with Crippen LogP contribution < -0.4 is 0 Å². The van der Waals surface area contributed by atoms with Crippen LogP contribution in [0.5, 0.6) is 0 Å². The Morgan fingerprint density at radius 3 is 2.50 bits per heavy atom. The largest absolute Gasteiger partial charge is 0.346 e. The molecule has 2 rings (SSSR count). The van der Waals surface area contributed by atoms with Gasteiger partial charge in [-0.2, -0.15) is 0 Å². The van der Waals surface area contributed by atoms with Crippen LogP contribution in [0.3, 0.4) is 0 Å². The summed E-state index contributed by atoms with van der Waals surface area (Å²) in [6.45, 7) is 4.20. The standard InChI is InChI=1S/C11H17FN2/c1-9-7-10(12)8-14(9)11-3-5-13(2)6-4-11/h7-8,11H,3-6H2,1-2H3. The van der Waals surface area contributed by atoms with E-state index in [0.717, 1.165) is 31.6 Å². The zero-order valence-corrected chi connectivity index (χ0v) is 8.83. The molecule has 1 fully saturated rings. The molecule has 1 saturated heterocycles. The van der Waals surface area contributed by atoms with Gasteiger partial charge in [0.25, 0.3) is 0 Å². The van der Waals surface area contributed by atoms with E-state index >= 15 is 0 Å². The Labute approximate surface area is 84.3 Å². The molecular formula is C11H17FN2. The van der Waals surface area contributed by atoms with Gasteiger partial charge in [0.05, 0.1) is 0 Å². The van der Waals surface area contributed by atoms with Crippen molar-refractivity contribution in [3.8, 4) is 0 Å². The van der Waals surface area contributed by atoms with Gasteiger partial charge in [-0.25, -0.2) is 4.39 Å². The topological polar surface area (TPSA) is 8.17 Å². The Balaban J connectivity index is 2.11. The molecule has 1 aliphatic rings. The number of nitrogens with zero attached hydrogens (tertiary/aromatic N) is 2. The van der Waals surface area contributed by atoms with Crippen LogP contribution in [-0.2, 0) is 0 Å². The minimum Gasteiger partial charge on any atom is -0.346 e. The van der Waals surface area contributed by atoms with Gasteiger partial charge >= 0.3 is 0 Å². The van der Waals surface area contributed by atoms with Crippen LogP contribution in [0.1, 0.15) is 24.6 Å². The van der Waals surface area contributed by atoms with Crippen molar-refractivity contribution in [2.24, 2.45) is 0 Å². The minimum atomic E-state index is -0.110. The molecule has 0 amide bonds. The second-order valence-corrected chi connectivity index (χ2v) is 4.24. The number of piperidine rings is 1. The molecule has 3 heteroatoms. The van der Waals surface area contributed by atoms with Crippen LogP contribution in [0.2, 0.25) is 0 Å². The second kappa shape index (κ2) is 3.73. The zero-order chi connectivity index (χ0) is 10.1. The normalized spacial score (nSPS) is 20.2. The van der Waals surface area contributed by atoms with Crippen LogP contribution in [-0.4, -0.2) is 29.6 Å². The molecule has 0 aliphatic carbocycles. The smallest absolute Gasteiger partial charge is 0.141 e. The molecule has 2 nitrogen and oxygen atoms in total. The van der Waals surface area contributed by atoms with Crippen molar-refractivity contribution >= 4 is 0 Å². The molecule has 14 heavy (non-hydrogen) atoms. The van der Waals surface area contributed by atoms with E-state index in [0.29, 0.717) is 6.04 Å². The van der Waals surface area contributed by atoms with Crippen molar-refractivity contribution in [1.82, 2.24) is 9.47 Å². The van der Waals surface area contributed by atoms with Gasteiger partial charge in [0.2, 0.25) is 0 Å². The lowest BCUT2D eigenvalue weighted by Gasteiger charge is -2.30. The highest BCUT2D eigenvalue weighted by Crippen LogP contribution is 2.24. The molecule has 0 aromatic carbocycles. The zero-order valence-electron chi connectivity index (χ0n) is 8.83. The molecule has 1 aromatic heterocycles. The fourth-order valence-corrected chi connectivity index (χ4v) is 2.21.